The van der Waals surface area contributed by atoms with Crippen LogP contribution in [0, 0.1) is 19.8 Å². The summed E-state index contributed by atoms with van der Waals surface area (Å²) < 4.78 is 0. The highest BCUT2D eigenvalue weighted by Gasteiger charge is 2.33. The molecule has 27 heavy (non-hydrogen) atoms. The van der Waals surface area contributed by atoms with Gasteiger partial charge in [0, 0.05) is 12.2 Å². The van der Waals surface area contributed by atoms with E-state index in [2.05, 4.69) is 16.3 Å². The second-order valence-corrected chi connectivity index (χ2v) is 7.42. The molecular weight excluding hydrogens is 338 g/mol. The van der Waals surface area contributed by atoms with Gasteiger partial charge in [0.15, 0.2) is 0 Å². The van der Waals surface area contributed by atoms with Crippen molar-refractivity contribution in [3.05, 3.63) is 65.2 Å². The smallest absolute Gasteiger partial charge is 0.246 e. The molecule has 1 fully saturated rings. The van der Waals surface area contributed by atoms with Crippen molar-refractivity contribution in [3.63, 3.8) is 0 Å². The Labute approximate surface area is 160 Å². The van der Waals surface area contributed by atoms with Gasteiger partial charge in [0.1, 0.15) is 6.04 Å². The summed E-state index contributed by atoms with van der Waals surface area (Å²) in [6.07, 6.45) is 1.64. The molecule has 3 rings (SSSR count). The maximum atomic E-state index is 13.2. The molecule has 5 nitrogen and oxygen atoms in total. The van der Waals surface area contributed by atoms with Crippen molar-refractivity contribution in [2.45, 2.75) is 32.7 Å². The number of amides is 2. The summed E-state index contributed by atoms with van der Waals surface area (Å²) in [5.74, 6) is -0.587. The molecule has 142 valence electrons. The molecular formula is C22H27N3O2. The summed E-state index contributed by atoms with van der Waals surface area (Å²) in [5.41, 5.74) is 9.46. The number of primary amides is 1. The predicted octanol–water partition coefficient (Wildman–Crippen LogP) is 3.18. The number of carbonyl (C=O) groups is 2. The number of aryl methyl sites for hydroxylation is 2. The maximum Gasteiger partial charge on any atom is 0.246 e. The van der Waals surface area contributed by atoms with Crippen LogP contribution in [-0.4, -0.2) is 29.8 Å². The van der Waals surface area contributed by atoms with Crippen LogP contribution in [0.5, 0.6) is 0 Å². The van der Waals surface area contributed by atoms with Crippen molar-refractivity contribution in [2.24, 2.45) is 11.7 Å². The van der Waals surface area contributed by atoms with Crippen LogP contribution >= 0.6 is 0 Å². The molecule has 3 N–H and O–H groups in total. The van der Waals surface area contributed by atoms with E-state index in [0.717, 1.165) is 41.8 Å². The number of hydrogen-bond donors (Lipinski definition) is 2. The van der Waals surface area contributed by atoms with Gasteiger partial charge in [-0.05, 0) is 62.1 Å². The zero-order valence-corrected chi connectivity index (χ0v) is 15.9. The summed E-state index contributed by atoms with van der Waals surface area (Å²) in [4.78, 5) is 27.0. The molecule has 1 aliphatic heterocycles. The first-order valence-corrected chi connectivity index (χ1v) is 9.41. The first kappa shape index (κ1) is 19.1. The van der Waals surface area contributed by atoms with Gasteiger partial charge in [-0.25, -0.2) is 0 Å². The Morgan fingerprint density at radius 3 is 2.41 bits per heavy atom. The lowest BCUT2D eigenvalue weighted by Gasteiger charge is -2.36. The second kappa shape index (κ2) is 8.35. The minimum absolute atomic E-state index is 0.0867. The fourth-order valence-corrected chi connectivity index (χ4v) is 3.89. The SMILES string of the molecule is Cc1cc(C)cc(NC(=O)[C@H](c2ccccc2)N2CCC[C@@H](C(N)=O)C2)c1. The lowest BCUT2D eigenvalue weighted by atomic mass is 9.94. The lowest BCUT2D eigenvalue weighted by Crippen LogP contribution is -2.46. The van der Waals surface area contributed by atoms with Gasteiger partial charge in [0.05, 0.1) is 5.92 Å². The van der Waals surface area contributed by atoms with E-state index in [1.165, 1.54) is 0 Å². The number of rotatable bonds is 5. The van der Waals surface area contributed by atoms with E-state index in [9.17, 15) is 9.59 Å². The molecule has 0 unspecified atom stereocenters. The van der Waals surface area contributed by atoms with E-state index < -0.39 is 6.04 Å². The summed E-state index contributed by atoms with van der Waals surface area (Å²) in [6.45, 7) is 5.30. The van der Waals surface area contributed by atoms with Crippen LogP contribution in [0.25, 0.3) is 0 Å². The van der Waals surface area contributed by atoms with Crippen molar-refractivity contribution in [3.8, 4) is 0 Å². The van der Waals surface area contributed by atoms with E-state index in [1.54, 1.807) is 0 Å². The molecule has 0 radical (unpaired) electrons. The van der Waals surface area contributed by atoms with Crippen molar-refractivity contribution in [2.75, 3.05) is 18.4 Å². The highest BCUT2D eigenvalue weighted by molar-refractivity contribution is 5.95. The first-order chi connectivity index (χ1) is 12.9. The van der Waals surface area contributed by atoms with Gasteiger partial charge >= 0.3 is 0 Å². The van der Waals surface area contributed by atoms with Crippen LogP contribution in [0.2, 0.25) is 0 Å². The minimum atomic E-state index is -0.450. The number of nitrogens with zero attached hydrogens (tertiary/aromatic N) is 1. The van der Waals surface area contributed by atoms with E-state index in [-0.39, 0.29) is 17.7 Å². The largest absolute Gasteiger partial charge is 0.369 e. The first-order valence-electron chi connectivity index (χ1n) is 9.41. The monoisotopic (exact) mass is 365 g/mol. The molecule has 1 aliphatic rings. The number of hydrogen-bond acceptors (Lipinski definition) is 3. The Morgan fingerprint density at radius 1 is 1.11 bits per heavy atom. The quantitative estimate of drug-likeness (QED) is 0.854. The van der Waals surface area contributed by atoms with E-state index in [0.29, 0.717) is 6.54 Å². The number of likely N-dealkylation sites (tertiary alicyclic amines) is 1. The Balaban J connectivity index is 1.87. The van der Waals surface area contributed by atoms with Crippen LogP contribution in [0.15, 0.2) is 48.5 Å². The van der Waals surface area contributed by atoms with Gasteiger partial charge in [0.25, 0.3) is 0 Å². The number of benzene rings is 2. The molecule has 0 spiro atoms. The summed E-state index contributed by atoms with van der Waals surface area (Å²) in [7, 11) is 0. The average molecular weight is 365 g/mol. The van der Waals surface area contributed by atoms with Crippen LogP contribution in [0.3, 0.4) is 0 Å². The number of piperidine rings is 1. The fourth-order valence-electron chi connectivity index (χ4n) is 3.89. The Morgan fingerprint density at radius 2 is 1.78 bits per heavy atom. The molecule has 1 saturated heterocycles. The molecule has 2 aromatic rings. The van der Waals surface area contributed by atoms with E-state index in [4.69, 9.17) is 5.73 Å². The topological polar surface area (TPSA) is 75.4 Å². The van der Waals surface area contributed by atoms with Gasteiger partial charge in [-0.1, -0.05) is 36.4 Å². The molecule has 2 aromatic carbocycles. The van der Waals surface area contributed by atoms with Crippen molar-refractivity contribution in [1.82, 2.24) is 4.90 Å². The molecule has 0 aliphatic carbocycles. The zero-order valence-electron chi connectivity index (χ0n) is 15.9. The third kappa shape index (κ3) is 4.74. The normalized spacial score (nSPS) is 18.7. The molecule has 2 atom stereocenters. The third-order valence-electron chi connectivity index (χ3n) is 5.07. The Bertz CT molecular complexity index is 799. The second-order valence-electron chi connectivity index (χ2n) is 7.42. The molecule has 2 amide bonds. The highest BCUT2D eigenvalue weighted by Crippen LogP contribution is 2.28. The molecule has 0 bridgehead atoms. The Kier molecular flexibility index (Phi) is 5.91. The fraction of sp³-hybridized carbons (Fsp3) is 0.364. The van der Waals surface area contributed by atoms with Gasteiger partial charge in [-0.15, -0.1) is 0 Å². The molecule has 0 saturated carbocycles. The highest BCUT2D eigenvalue weighted by atomic mass is 16.2. The van der Waals surface area contributed by atoms with Gasteiger partial charge in [-0.2, -0.15) is 0 Å². The summed E-state index contributed by atoms with van der Waals surface area (Å²) in [6, 6.07) is 15.3. The van der Waals surface area contributed by atoms with Crippen LogP contribution < -0.4 is 11.1 Å². The van der Waals surface area contributed by atoms with Crippen molar-refractivity contribution in [1.29, 1.82) is 0 Å². The minimum Gasteiger partial charge on any atom is -0.369 e. The number of nitrogens with one attached hydrogen (secondary N) is 1. The summed E-state index contributed by atoms with van der Waals surface area (Å²) >= 11 is 0. The van der Waals surface area contributed by atoms with Crippen molar-refractivity contribution >= 4 is 17.5 Å². The van der Waals surface area contributed by atoms with Crippen LogP contribution in [0.1, 0.15) is 35.6 Å². The Hall–Kier alpha value is -2.66. The number of nitrogens with two attached hydrogens (primary N) is 1. The van der Waals surface area contributed by atoms with Gasteiger partial charge in [-0.3, -0.25) is 14.5 Å². The third-order valence-corrected chi connectivity index (χ3v) is 5.07. The lowest BCUT2D eigenvalue weighted by molar-refractivity contribution is -0.127. The van der Waals surface area contributed by atoms with Gasteiger partial charge < -0.3 is 11.1 Å². The zero-order chi connectivity index (χ0) is 19.4. The number of anilines is 1. The molecule has 1 heterocycles. The predicted molar refractivity (Wildman–Crippen MR) is 107 cm³/mol. The van der Waals surface area contributed by atoms with E-state index in [1.807, 2.05) is 56.3 Å². The maximum absolute atomic E-state index is 13.2. The van der Waals surface area contributed by atoms with E-state index >= 15 is 0 Å². The van der Waals surface area contributed by atoms with Crippen LogP contribution in [0.4, 0.5) is 5.69 Å². The van der Waals surface area contributed by atoms with Crippen LogP contribution in [-0.2, 0) is 9.59 Å². The average Bonchev–Trinajstić information content (AvgIpc) is 2.62. The standard InChI is InChI=1S/C22H27N3O2/c1-15-11-16(2)13-19(12-15)24-22(27)20(17-7-4-3-5-8-17)25-10-6-9-18(14-25)21(23)26/h3-5,7-8,11-13,18,20H,6,9-10,14H2,1-2H3,(H2,23,26)(H,24,27)/t18-,20+/m1/s1. The molecule has 0 aromatic heterocycles. The summed E-state index contributed by atoms with van der Waals surface area (Å²) in [5, 5.41) is 3.07. The molecule has 5 heteroatoms. The number of carbonyl (C=O) groups excluding carboxylic acids is 2. The van der Waals surface area contributed by atoms with Crippen molar-refractivity contribution < 1.29 is 9.59 Å². The van der Waals surface area contributed by atoms with Gasteiger partial charge in [0.2, 0.25) is 11.8 Å².